The van der Waals surface area contributed by atoms with E-state index in [1.807, 2.05) is 43.3 Å². The minimum absolute atomic E-state index is 0.0421. The van der Waals surface area contributed by atoms with Crippen molar-refractivity contribution in [2.24, 2.45) is 5.73 Å². The highest BCUT2D eigenvalue weighted by Crippen LogP contribution is 2.31. The predicted octanol–water partition coefficient (Wildman–Crippen LogP) is 5.19. The van der Waals surface area contributed by atoms with E-state index in [2.05, 4.69) is 32.9 Å². The molecule has 2 aromatic carbocycles. The Morgan fingerprint density at radius 2 is 1.67 bits per heavy atom. The summed E-state index contributed by atoms with van der Waals surface area (Å²) in [7, 11) is 0. The molecule has 2 N–H and O–H groups in total. The van der Waals surface area contributed by atoms with Crippen LogP contribution in [0.25, 0.3) is 0 Å². The van der Waals surface area contributed by atoms with Crippen LogP contribution in [-0.4, -0.2) is 0 Å². The highest BCUT2D eigenvalue weighted by Gasteiger charge is 2.17. The number of hydrogen-bond acceptors (Lipinski definition) is 2. The lowest BCUT2D eigenvalue weighted by Crippen LogP contribution is -2.14. The van der Waals surface area contributed by atoms with Crippen molar-refractivity contribution in [2.45, 2.75) is 45.6 Å². The van der Waals surface area contributed by atoms with E-state index in [-0.39, 0.29) is 11.5 Å². The molecule has 2 heteroatoms. The molecule has 2 aromatic rings. The van der Waals surface area contributed by atoms with Crippen molar-refractivity contribution in [2.75, 3.05) is 0 Å². The van der Waals surface area contributed by atoms with Crippen molar-refractivity contribution >= 4 is 0 Å². The second kappa shape index (κ2) is 6.31. The minimum atomic E-state index is -0.0421. The molecule has 0 aliphatic carbocycles. The van der Waals surface area contributed by atoms with Gasteiger partial charge in [0.1, 0.15) is 11.5 Å². The molecule has 112 valence electrons. The first kappa shape index (κ1) is 15.6. The molecule has 0 unspecified atom stereocenters. The van der Waals surface area contributed by atoms with Crippen LogP contribution in [0.5, 0.6) is 11.5 Å². The molecule has 1 atom stereocenters. The molecular formula is C19H25NO. The summed E-state index contributed by atoms with van der Waals surface area (Å²) in [5.41, 5.74) is 8.54. The zero-order valence-corrected chi connectivity index (χ0v) is 13.4. The quantitative estimate of drug-likeness (QED) is 0.820. The monoisotopic (exact) mass is 283 g/mol. The molecule has 0 spiro atoms. The first-order valence-electron chi connectivity index (χ1n) is 7.57. The van der Waals surface area contributed by atoms with Crippen LogP contribution in [0, 0.1) is 0 Å². The van der Waals surface area contributed by atoms with Crippen molar-refractivity contribution in [3.63, 3.8) is 0 Å². The van der Waals surface area contributed by atoms with Crippen LogP contribution in [0.1, 0.15) is 51.3 Å². The van der Waals surface area contributed by atoms with Gasteiger partial charge < -0.3 is 10.5 Å². The van der Waals surface area contributed by atoms with Crippen molar-refractivity contribution in [3.8, 4) is 11.5 Å². The van der Waals surface area contributed by atoms with Crippen molar-refractivity contribution < 1.29 is 4.74 Å². The fraction of sp³-hybridized carbons (Fsp3) is 0.368. The van der Waals surface area contributed by atoms with Gasteiger partial charge in [-0.1, -0.05) is 51.1 Å². The molecule has 0 bridgehead atoms. The second-order valence-electron chi connectivity index (χ2n) is 6.19. The maximum Gasteiger partial charge on any atom is 0.132 e. The van der Waals surface area contributed by atoms with Crippen LogP contribution >= 0.6 is 0 Å². The third-order valence-corrected chi connectivity index (χ3v) is 4.16. The van der Waals surface area contributed by atoms with E-state index in [0.717, 1.165) is 23.5 Å². The molecule has 21 heavy (non-hydrogen) atoms. The summed E-state index contributed by atoms with van der Waals surface area (Å²) in [5, 5.41) is 0. The Morgan fingerprint density at radius 1 is 1.05 bits per heavy atom. The highest BCUT2D eigenvalue weighted by atomic mass is 16.5. The fourth-order valence-electron chi connectivity index (χ4n) is 2.25. The molecule has 0 saturated carbocycles. The van der Waals surface area contributed by atoms with Crippen LogP contribution in [0.15, 0.2) is 48.5 Å². The van der Waals surface area contributed by atoms with Gasteiger partial charge in [-0.15, -0.1) is 0 Å². The standard InChI is InChI=1S/C19H25NO/c1-5-19(3,4)15-10-12-16(13-11-15)21-18-9-7-6-8-17(18)14(2)20/h6-14H,5,20H2,1-4H3/t14-/m1/s1. The van der Waals surface area contributed by atoms with E-state index >= 15 is 0 Å². The first-order valence-corrected chi connectivity index (χ1v) is 7.57. The molecule has 0 radical (unpaired) electrons. The van der Waals surface area contributed by atoms with Gasteiger partial charge in [0.25, 0.3) is 0 Å². The van der Waals surface area contributed by atoms with Crippen molar-refractivity contribution in [1.82, 2.24) is 0 Å². The van der Waals surface area contributed by atoms with E-state index in [1.54, 1.807) is 0 Å². The molecule has 0 heterocycles. The number of hydrogen-bond donors (Lipinski definition) is 1. The zero-order chi connectivity index (χ0) is 15.5. The number of benzene rings is 2. The van der Waals surface area contributed by atoms with E-state index < -0.39 is 0 Å². The number of para-hydroxylation sites is 1. The van der Waals surface area contributed by atoms with Crippen LogP contribution in [-0.2, 0) is 5.41 Å². The summed E-state index contributed by atoms with van der Waals surface area (Å²) in [6.45, 7) is 8.70. The van der Waals surface area contributed by atoms with Gasteiger partial charge in [-0.05, 0) is 42.5 Å². The van der Waals surface area contributed by atoms with E-state index in [4.69, 9.17) is 10.5 Å². The Balaban J connectivity index is 2.22. The number of nitrogens with two attached hydrogens (primary N) is 1. The Bertz CT molecular complexity index is 585. The summed E-state index contributed by atoms with van der Waals surface area (Å²) in [6.07, 6.45) is 1.11. The van der Waals surface area contributed by atoms with E-state index in [9.17, 15) is 0 Å². The van der Waals surface area contributed by atoms with Crippen LogP contribution < -0.4 is 10.5 Å². The molecular weight excluding hydrogens is 258 g/mol. The fourth-order valence-corrected chi connectivity index (χ4v) is 2.25. The average Bonchev–Trinajstić information content (AvgIpc) is 2.48. The summed E-state index contributed by atoms with van der Waals surface area (Å²) < 4.78 is 5.99. The lowest BCUT2D eigenvalue weighted by Gasteiger charge is -2.23. The normalized spacial score (nSPS) is 13.0. The van der Waals surface area contributed by atoms with Gasteiger partial charge in [-0.3, -0.25) is 0 Å². The van der Waals surface area contributed by atoms with Gasteiger partial charge in [0.05, 0.1) is 0 Å². The summed E-state index contributed by atoms with van der Waals surface area (Å²) in [4.78, 5) is 0. The lowest BCUT2D eigenvalue weighted by molar-refractivity contribution is 0.469. The van der Waals surface area contributed by atoms with Gasteiger partial charge in [0.15, 0.2) is 0 Å². The van der Waals surface area contributed by atoms with Crippen LogP contribution in [0.2, 0.25) is 0 Å². The molecule has 2 nitrogen and oxygen atoms in total. The Labute approximate surface area is 127 Å². The molecule has 0 aliphatic heterocycles. The smallest absolute Gasteiger partial charge is 0.132 e. The minimum Gasteiger partial charge on any atom is -0.457 e. The van der Waals surface area contributed by atoms with Crippen molar-refractivity contribution in [3.05, 3.63) is 59.7 Å². The Kier molecular flexibility index (Phi) is 4.69. The third kappa shape index (κ3) is 3.64. The van der Waals surface area contributed by atoms with Gasteiger partial charge in [0.2, 0.25) is 0 Å². The number of rotatable bonds is 5. The largest absolute Gasteiger partial charge is 0.457 e. The maximum atomic E-state index is 5.99. The van der Waals surface area contributed by atoms with Crippen LogP contribution in [0.4, 0.5) is 0 Å². The topological polar surface area (TPSA) is 35.2 Å². The van der Waals surface area contributed by atoms with E-state index in [1.165, 1.54) is 5.56 Å². The SMILES string of the molecule is CCC(C)(C)c1ccc(Oc2ccccc2[C@@H](C)N)cc1. The lowest BCUT2D eigenvalue weighted by atomic mass is 9.82. The predicted molar refractivity (Wildman–Crippen MR) is 88.9 cm³/mol. The van der Waals surface area contributed by atoms with Gasteiger partial charge >= 0.3 is 0 Å². The van der Waals surface area contributed by atoms with E-state index in [0.29, 0.717) is 0 Å². The van der Waals surface area contributed by atoms with Gasteiger partial charge in [-0.25, -0.2) is 0 Å². The first-order chi connectivity index (χ1) is 9.94. The Morgan fingerprint density at radius 3 is 2.24 bits per heavy atom. The third-order valence-electron chi connectivity index (χ3n) is 4.16. The average molecular weight is 283 g/mol. The number of ether oxygens (including phenoxy) is 1. The van der Waals surface area contributed by atoms with Gasteiger partial charge in [0, 0.05) is 11.6 Å². The van der Waals surface area contributed by atoms with Gasteiger partial charge in [-0.2, -0.15) is 0 Å². The summed E-state index contributed by atoms with van der Waals surface area (Å²) >= 11 is 0. The molecule has 2 rings (SSSR count). The molecule has 0 aromatic heterocycles. The molecule has 0 saturated heterocycles. The van der Waals surface area contributed by atoms with Crippen molar-refractivity contribution in [1.29, 1.82) is 0 Å². The second-order valence-corrected chi connectivity index (χ2v) is 6.19. The summed E-state index contributed by atoms with van der Waals surface area (Å²) in [6, 6.07) is 16.2. The van der Waals surface area contributed by atoms with Crippen LogP contribution in [0.3, 0.4) is 0 Å². The zero-order valence-electron chi connectivity index (χ0n) is 13.4. The summed E-state index contributed by atoms with van der Waals surface area (Å²) in [5.74, 6) is 1.67. The molecule has 0 aliphatic rings. The molecule has 0 fully saturated rings. The maximum absolute atomic E-state index is 5.99. The highest BCUT2D eigenvalue weighted by molar-refractivity contribution is 5.40. The molecule has 0 amide bonds. The Hall–Kier alpha value is -1.80.